The highest BCUT2D eigenvalue weighted by atomic mass is 19.1. The fourth-order valence-electron chi connectivity index (χ4n) is 4.26. The number of hydrogen-bond donors (Lipinski definition) is 3. The molecule has 5 unspecified atom stereocenters. The van der Waals surface area contributed by atoms with Gasteiger partial charge in [-0.2, -0.15) is 5.48 Å². The third-order valence-corrected chi connectivity index (χ3v) is 5.71. The van der Waals surface area contributed by atoms with Gasteiger partial charge < -0.3 is 9.84 Å². The van der Waals surface area contributed by atoms with Crippen molar-refractivity contribution in [1.29, 1.82) is 0 Å². The summed E-state index contributed by atoms with van der Waals surface area (Å²) in [7, 11) is 1.58. The highest BCUT2D eigenvalue weighted by Crippen LogP contribution is 2.35. The number of hydroxylamine groups is 1. The molecule has 0 amide bonds. The van der Waals surface area contributed by atoms with Crippen LogP contribution in [0.25, 0.3) is 0 Å². The van der Waals surface area contributed by atoms with Crippen molar-refractivity contribution in [2.24, 2.45) is 17.8 Å². The van der Waals surface area contributed by atoms with Crippen molar-refractivity contribution in [3.05, 3.63) is 0 Å². The van der Waals surface area contributed by atoms with E-state index in [9.17, 15) is 14.3 Å². The Kier molecular flexibility index (Phi) is 5.51. The maximum atomic E-state index is 13.3. The normalized spacial score (nSPS) is 45.0. The molecule has 3 aliphatic rings. The zero-order valence-electron chi connectivity index (χ0n) is 13.5. The van der Waals surface area contributed by atoms with Gasteiger partial charge in [-0.05, 0) is 50.9 Å². The van der Waals surface area contributed by atoms with Crippen molar-refractivity contribution >= 4 is 5.97 Å². The molecule has 7 heteroatoms. The lowest BCUT2D eigenvalue weighted by Gasteiger charge is -2.35. The Labute approximate surface area is 136 Å². The maximum Gasteiger partial charge on any atom is 0.309 e. The Morgan fingerprint density at radius 3 is 2.52 bits per heavy atom. The lowest BCUT2D eigenvalue weighted by atomic mass is 9.78. The molecule has 1 heterocycles. The van der Waals surface area contributed by atoms with Crippen LogP contribution in [-0.4, -0.2) is 42.9 Å². The Bertz CT molecular complexity index is 417. The molecule has 0 aromatic heterocycles. The monoisotopic (exact) mass is 330 g/mol. The van der Waals surface area contributed by atoms with Gasteiger partial charge in [-0.25, -0.2) is 4.39 Å². The molecule has 3 rings (SSSR count). The average molecular weight is 330 g/mol. The predicted octanol–water partition coefficient (Wildman–Crippen LogP) is 1.81. The molecular weight excluding hydrogens is 303 g/mol. The molecule has 0 aromatic carbocycles. The third-order valence-electron chi connectivity index (χ3n) is 5.71. The summed E-state index contributed by atoms with van der Waals surface area (Å²) >= 11 is 0. The molecule has 132 valence electrons. The molecular formula is C16H27FN2O4. The number of ether oxygens (including phenoxy) is 1. The quantitative estimate of drug-likeness (QED) is 0.729. The summed E-state index contributed by atoms with van der Waals surface area (Å²) in [5.41, 5.74) is 3.04. The van der Waals surface area contributed by atoms with Gasteiger partial charge in [0, 0.05) is 13.0 Å². The molecule has 0 spiro atoms. The lowest BCUT2D eigenvalue weighted by Crippen LogP contribution is -2.47. The Morgan fingerprint density at radius 1 is 1.17 bits per heavy atom. The van der Waals surface area contributed by atoms with Crippen LogP contribution in [0, 0.1) is 17.8 Å². The first-order valence-electron chi connectivity index (χ1n) is 8.65. The molecule has 5 atom stereocenters. The minimum Gasteiger partial charge on any atom is -0.481 e. The van der Waals surface area contributed by atoms with Crippen LogP contribution in [0.1, 0.15) is 44.9 Å². The van der Waals surface area contributed by atoms with Gasteiger partial charge >= 0.3 is 5.97 Å². The van der Waals surface area contributed by atoms with Gasteiger partial charge in [0.1, 0.15) is 12.4 Å². The molecule has 6 nitrogen and oxygen atoms in total. The minimum absolute atomic E-state index is 0.0391. The van der Waals surface area contributed by atoms with E-state index in [-0.39, 0.29) is 24.4 Å². The van der Waals surface area contributed by atoms with E-state index in [0.717, 1.165) is 25.7 Å². The van der Waals surface area contributed by atoms with Gasteiger partial charge in [-0.3, -0.25) is 14.9 Å². The highest BCUT2D eigenvalue weighted by Gasteiger charge is 2.42. The molecule has 23 heavy (non-hydrogen) atoms. The van der Waals surface area contributed by atoms with Gasteiger partial charge in [0.25, 0.3) is 0 Å². The third kappa shape index (κ3) is 3.84. The van der Waals surface area contributed by atoms with Crippen LogP contribution in [0.15, 0.2) is 0 Å². The molecule has 2 saturated carbocycles. The first kappa shape index (κ1) is 17.1. The number of aliphatic carboxylic acids is 1. The summed E-state index contributed by atoms with van der Waals surface area (Å²) in [6, 6.07) is 0. The van der Waals surface area contributed by atoms with Gasteiger partial charge in [-0.15, -0.1) is 0 Å². The van der Waals surface area contributed by atoms with Gasteiger partial charge in [0.2, 0.25) is 0 Å². The van der Waals surface area contributed by atoms with Crippen molar-refractivity contribution in [2.75, 3.05) is 7.11 Å². The van der Waals surface area contributed by atoms with E-state index in [2.05, 4.69) is 10.8 Å². The number of halogens is 1. The molecule has 3 N–H and O–H groups in total. The molecule has 1 aliphatic heterocycles. The molecule has 0 aromatic rings. The second kappa shape index (κ2) is 7.42. The van der Waals surface area contributed by atoms with Gasteiger partial charge in [0.15, 0.2) is 0 Å². The molecule has 1 saturated heterocycles. The number of rotatable bonds is 4. The number of nitrogens with one attached hydrogen (secondary N) is 2. The Balaban J connectivity index is 1.53. The van der Waals surface area contributed by atoms with Crippen molar-refractivity contribution in [3.63, 3.8) is 0 Å². The van der Waals surface area contributed by atoms with Crippen LogP contribution >= 0.6 is 0 Å². The minimum atomic E-state index is -0.793. The first-order valence-corrected chi connectivity index (χ1v) is 8.65. The second-order valence-corrected chi connectivity index (χ2v) is 7.10. The Hall–Kier alpha value is -0.760. The van der Waals surface area contributed by atoms with E-state index in [1.807, 2.05) is 0 Å². The van der Waals surface area contributed by atoms with E-state index in [0.29, 0.717) is 25.2 Å². The van der Waals surface area contributed by atoms with Crippen molar-refractivity contribution in [2.45, 2.75) is 69.6 Å². The number of carboxylic acids is 1. The van der Waals surface area contributed by atoms with Crippen molar-refractivity contribution in [3.8, 4) is 0 Å². The maximum absolute atomic E-state index is 13.3. The fourth-order valence-corrected chi connectivity index (χ4v) is 4.26. The second-order valence-electron chi connectivity index (χ2n) is 7.10. The number of carboxylic acid groups (broad SMARTS) is 1. The molecule has 0 radical (unpaired) electrons. The van der Waals surface area contributed by atoms with Crippen molar-refractivity contribution in [1.82, 2.24) is 10.8 Å². The summed E-state index contributed by atoms with van der Waals surface area (Å²) in [6.07, 6.45) is 4.09. The standard InChI is InChI=1S/C16H27FN2O4/c1-22-13-7-4-10(8-12(13)16(20)21)14-18-15(23-19-14)9-2-5-11(17)6-3-9/h9-15,18-19H,2-8H2,1H3,(H,20,21). The summed E-state index contributed by atoms with van der Waals surface area (Å²) in [6.45, 7) is 0. The van der Waals surface area contributed by atoms with Crippen LogP contribution in [-0.2, 0) is 14.4 Å². The van der Waals surface area contributed by atoms with Crippen LogP contribution < -0.4 is 10.8 Å². The number of methoxy groups -OCH3 is 1. The summed E-state index contributed by atoms with van der Waals surface area (Å²) in [4.78, 5) is 17.1. The summed E-state index contributed by atoms with van der Waals surface area (Å²) in [5, 5.41) is 12.8. The van der Waals surface area contributed by atoms with Gasteiger partial charge in [0.05, 0.1) is 18.2 Å². The zero-order valence-corrected chi connectivity index (χ0v) is 13.5. The molecule has 2 aliphatic carbocycles. The SMILES string of the molecule is COC1CCC(C2NOC(C3CCC(F)CC3)N2)CC1C(=O)O. The largest absolute Gasteiger partial charge is 0.481 e. The van der Waals surface area contributed by atoms with E-state index < -0.39 is 18.1 Å². The van der Waals surface area contributed by atoms with Crippen molar-refractivity contribution < 1.29 is 23.9 Å². The van der Waals surface area contributed by atoms with E-state index in [1.54, 1.807) is 7.11 Å². The number of carbonyl (C=O) groups is 1. The predicted molar refractivity (Wildman–Crippen MR) is 81.1 cm³/mol. The van der Waals surface area contributed by atoms with E-state index >= 15 is 0 Å². The topological polar surface area (TPSA) is 79.8 Å². The Morgan fingerprint density at radius 2 is 1.87 bits per heavy atom. The number of alkyl halides is 1. The summed E-state index contributed by atoms with van der Waals surface area (Å²) < 4.78 is 18.6. The summed E-state index contributed by atoms with van der Waals surface area (Å²) in [5.74, 6) is -0.739. The zero-order chi connectivity index (χ0) is 16.4. The highest BCUT2D eigenvalue weighted by molar-refractivity contribution is 5.70. The molecule has 3 fully saturated rings. The molecule has 0 bridgehead atoms. The lowest BCUT2D eigenvalue weighted by molar-refractivity contribution is -0.150. The smallest absolute Gasteiger partial charge is 0.309 e. The van der Waals surface area contributed by atoms with Crippen LogP contribution in [0.5, 0.6) is 0 Å². The van der Waals surface area contributed by atoms with Gasteiger partial charge in [-0.1, -0.05) is 0 Å². The van der Waals surface area contributed by atoms with Crippen LogP contribution in [0.2, 0.25) is 0 Å². The van der Waals surface area contributed by atoms with Crippen LogP contribution in [0.3, 0.4) is 0 Å². The fraction of sp³-hybridized carbons (Fsp3) is 0.938. The van der Waals surface area contributed by atoms with E-state index in [1.165, 1.54) is 0 Å². The van der Waals surface area contributed by atoms with Crippen LogP contribution in [0.4, 0.5) is 4.39 Å². The van der Waals surface area contributed by atoms with E-state index in [4.69, 9.17) is 9.57 Å². The first-order chi connectivity index (χ1) is 11.1. The number of hydrogen-bond acceptors (Lipinski definition) is 5. The average Bonchev–Trinajstić information content (AvgIpc) is 3.04.